The summed E-state index contributed by atoms with van der Waals surface area (Å²) in [5.74, 6) is 0. The van der Waals surface area contributed by atoms with Crippen LogP contribution in [0, 0.1) is 0 Å². The Morgan fingerprint density at radius 3 is 2.53 bits per heavy atom. The van der Waals surface area contributed by atoms with Crippen molar-refractivity contribution in [2.24, 2.45) is 7.05 Å². The lowest BCUT2D eigenvalue weighted by molar-refractivity contribution is 0.249. The molecule has 0 fully saturated rings. The van der Waals surface area contributed by atoms with Crippen LogP contribution in [0.3, 0.4) is 0 Å². The first-order valence-electron chi connectivity index (χ1n) is 5.22. The first-order valence-corrected chi connectivity index (χ1v) is 5.22. The number of aromatic nitrogens is 2. The van der Waals surface area contributed by atoms with Crippen LogP contribution in [0.1, 0.15) is 38.1 Å². The van der Waals surface area contributed by atoms with E-state index in [1.165, 1.54) is 0 Å². The van der Waals surface area contributed by atoms with Gasteiger partial charge in [-0.3, -0.25) is 4.68 Å². The Balaban J connectivity index is 3.16. The van der Waals surface area contributed by atoms with Gasteiger partial charge in [-0.05, 0) is 7.05 Å². The van der Waals surface area contributed by atoms with Crippen LogP contribution in [0.25, 0.3) is 0 Å². The van der Waals surface area contributed by atoms with Gasteiger partial charge in [-0.25, -0.2) is 0 Å². The van der Waals surface area contributed by atoms with Crippen molar-refractivity contribution < 1.29 is 5.11 Å². The number of rotatable bonds is 3. The Morgan fingerprint density at radius 1 is 1.53 bits per heavy atom. The third-order valence-corrected chi connectivity index (χ3v) is 2.47. The number of likely N-dealkylation sites (N-methyl/N-ethyl adjacent to an activating group) is 1. The number of aliphatic hydroxyl groups is 1. The van der Waals surface area contributed by atoms with Gasteiger partial charge < -0.3 is 10.4 Å². The summed E-state index contributed by atoms with van der Waals surface area (Å²) in [5, 5.41) is 16.8. The van der Waals surface area contributed by atoms with E-state index in [9.17, 15) is 5.11 Å². The molecule has 0 aliphatic heterocycles. The molecule has 1 heterocycles. The Kier molecular flexibility index (Phi) is 3.52. The smallest absolute Gasteiger partial charge is 0.0726 e. The van der Waals surface area contributed by atoms with Crippen molar-refractivity contribution in [2.75, 3.05) is 13.7 Å². The van der Waals surface area contributed by atoms with E-state index in [2.05, 4.69) is 31.2 Å². The van der Waals surface area contributed by atoms with Gasteiger partial charge in [-0.1, -0.05) is 20.8 Å². The third kappa shape index (κ3) is 2.58. The van der Waals surface area contributed by atoms with Gasteiger partial charge in [0.15, 0.2) is 0 Å². The molecule has 0 aromatic carbocycles. The molecule has 0 saturated heterocycles. The fourth-order valence-electron chi connectivity index (χ4n) is 1.69. The summed E-state index contributed by atoms with van der Waals surface area (Å²) in [7, 11) is 3.75. The van der Waals surface area contributed by atoms with Gasteiger partial charge in [0.25, 0.3) is 0 Å². The van der Waals surface area contributed by atoms with Crippen LogP contribution in [-0.2, 0) is 12.5 Å². The lowest BCUT2D eigenvalue weighted by Crippen LogP contribution is -2.24. The second kappa shape index (κ2) is 4.33. The van der Waals surface area contributed by atoms with E-state index in [-0.39, 0.29) is 18.1 Å². The van der Waals surface area contributed by atoms with Gasteiger partial charge in [-0.15, -0.1) is 0 Å². The average molecular weight is 211 g/mol. The van der Waals surface area contributed by atoms with Crippen LogP contribution in [0.2, 0.25) is 0 Å². The zero-order valence-corrected chi connectivity index (χ0v) is 10.2. The van der Waals surface area contributed by atoms with E-state index in [4.69, 9.17) is 0 Å². The molecule has 0 amide bonds. The van der Waals surface area contributed by atoms with Crippen LogP contribution in [0.5, 0.6) is 0 Å². The number of nitrogens with zero attached hydrogens (tertiary/aromatic N) is 2. The molecule has 2 N–H and O–H groups in total. The summed E-state index contributed by atoms with van der Waals surface area (Å²) in [5.41, 5.74) is 2.12. The number of hydrogen-bond donors (Lipinski definition) is 2. The SMILES string of the molecule is CNC(CO)c1cn(C)nc1C(C)(C)C. The standard InChI is InChI=1S/C11H21N3O/c1-11(2,3)10-8(6-14(5)13-10)9(7-15)12-4/h6,9,12,15H,7H2,1-5H3. The molecule has 15 heavy (non-hydrogen) atoms. The minimum absolute atomic E-state index is 0.000856. The van der Waals surface area contributed by atoms with Crippen LogP contribution in [0.4, 0.5) is 0 Å². The number of aliphatic hydroxyl groups excluding tert-OH is 1. The summed E-state index contributed by atoms with van der Waals surface area (Å²) in [6.07, 6.45) is 1.97. The van der Waals surface area contributed by atoms with E-state index in [0.29, 0.717) is 0 Å². The van der Waals surface area contributed by atoms with E-state index in [1.54, 1.807) is 4.68 Å². The predicted octanol–water partition coefficient (Wildman–Crippen LogP) is 0.970. The highest BCUT2D eigenvalue weighted by Crippen LogP contribution is 2.27. The number of hydrogen-bond acceptors (Lipinski definition) is 3. The molecule has 4 nitrogen and oxygen atoms in total. The van der Waals surface area contributed by atoms with Crippen molar-refractivity contribution in [3.63, 3.8) is 0 Å². The van der Waals surface area contributed by atoms with E-state index in [0.717, 1.165) is 11.3 Å². The van der Waals surface area contributed by atoms with E-state index in [1.807, 2.05) is 20.3 Å². The van der Waals surface area contributed by atoms with Crippen LogP contribution in [-0.4, -0.2) is 28.5 Å². The molecule has 1 aromatic heterocycles. The molecule has 1 aromatic rings. The van der Waals surface area contributed by atoms with Gasteiger partial charge in [0.2, 0.25) is 0 Å². The van der Waals surface area contributed by atoms with Crippen molar-refractivity contribution in [3.05, 3.63) is 17.5 Å². The van der Waals surface area contributed by atoms with Gasteiger partial charge in [0, 0.05) is 24.2 Å². The Bertz CT molecular complexity index is 321. The van der Waals surface area contributed by atoms with Crippen molar-refractivity contribution >= 4 is 0 Å². The summed E-state index contributed by atoms with van der Waals surface area (Å²) >= 11 is 0. The minimum atomic E-state index is -0.0343. The third-order valence-electron chi connectivity index (χ3n) is 2.47. The second-order valence-corrected chi connectivity index (χ2v) is 4.88. The Labute approximate surface area is 91.3 Å². The van der Waals surface area contributed by atoms with Crippen molar-refractivity contribution in [1.82, 2.24) is 15.1 Å². The Hall–Kier alpha value is -0.870. The van der Waals surface area contributed by atoms with E-state index >= 15 is 0 Å². The molecule has 0 bridgehead atoms. The van der Waals surface area contributed by atoms with Gasteiger partial charge in [-0.2, -0.15) is 5.10 Å². The zero-order valence-electron chi connectivity index (χ0n) is 10.2. The van der Waals surface area contributed by atoms with Gasteiger partial charge in [0.1, 0.15) is 0 Å². The van der Waals surface area contributed by atoms with Crippen molar-refractivity contribution in [2.45, 2.75) is 32.2 Å². The van der Waals surface area contributed by atoms with Crippen LogP contribution in [0.15, 0.2) is 6.20 Å². The normalized spacial score (nSPS) is 14.3. The minimum Gasteiger partial charge on any atom is -0.394 e. The molecule has 4 heteroatoms. The Morgan fingerprint density at radius 2 is 2.13 bits per heavy atom. The average Bonchev–Trinajstić information content (AvgIpc) is 2.49. The molecule has 86 valence electrons. The predicted molar refractivity (Wildman–Crippen MR) is 60.8 cm³/mol. The highest BCUT2D eigenvalue weighted by molar-refractivity contribution is 5.27. The summed E-state index contributed by atoms with van der Waals surface area (Å²) < 4.78 is 1.80. The fourth-order valence-corrected chi connectivity index (χ4v) is 1.69. The maximum Gasteiger partial charge on any atom is 0.0726 e. The molecule has 0 spiro atoms. The van der Waals surface area contributed by atoms with Crippen LogP contribution < -0.4 is 5.32 Å². The maximum atomic E-state index is 9.28. The van der Waals surface area contributed by atoms with Gasteiger partial charge in [0.05, 0.1) is 18.3 Å². The molecular formula is C11H21N3O. The summed E-state index contributed by atoms with van der Waals surface area (Å²) in [6, 6.07) is -0.0343. The fraction of sp³-hybridized carbons (Fsp3) is 0.727. The maximum absolute atomic E-state index is 9.28. The lowest BCUT2D eigenvalue weighted by atomic mass is 9.88. The molecule has 0 radical (unpaired) electrons. The summed E-state index contributed by atoms with van der Waals surface area (Å²) in [4.78, 5) is 0. The molecule has 1 rings (SSSR count). The monoisotopic (exact) mass is 211 g/mol. The zero-order chi connectivity index (χ0) is 11.6. The quantitative estimate of drug-likeness (QED) is 0.783. The van der Waals surface area contributed by atoms with Crippen molar-refractivity contribution in [3.8, 4) is 0 Å². The summed E-state index contributed by atoms with van der Waals surface area (Å²) in [6.45, 7) is 6.47. The highest BCUT2D eigenvalue weighted by Gasteiger charge is 2.25. The lowest BCUT2D eigenvalue weighted by Gasteiger charge is -2.21. The second-order valence-electron chi connectivity index (χ2n) is 4.88. The molecule has 0 aliphatic carbocycles. The highest BCUT2D eigenvalue weighted by atomic mass is 16.3. The number of aryl methyl sites for hydroxylation is 1. The molecule has 0 aliphatic rings. The first kappa shape index (κ1) is 12.2. The molecule has 1 atom stereocenters. The first-order chi connectivity index (χ1) is 6.90. The molecule has 0 saturated carbocycles. The molecular weight excluding hydrogens is 190 g/mol. The van der Waals surface area contributed by atoms with E-state index < -0.39 is 0 Å². The van der Waals surface area contributed by atoms with Gasteiger partial charge >= 0.3 is 0 Å². The number of nitrogens with one attached hydrogen (secondary N) is 1. The van der Waals surface area contributed by atoms with Crippen molar-refractivity contribution in [1.29, 1.82) is 0 Å². The largest absolute Gasteiger partial charge is 0.394 e. The van der Waals surface area contributed by atoms with Crippen LogP contribution >= 0.6 is 0 Å². The topological polar surface area (TPSA) is 50.1 Å². The molecule has 1 unspecified atom stereocenters.